The van der Waals surface area contributed by atoms with E-state index in [0.717, 1.165) is 29.1 Å². The minimum atomic E-state index is -0.0702. The molecule has 0 spiro atoms. The van der Waals surface area contributed by atoms with E-state index in [-0.39, 0.29) is 5.91 Å². The molecule has 1 amide bonds. The van der Waals surface area contributed by atoms with Crippen LogP contribution in [0.4, 0.5) is 5.82 Å². The van der Waals surface area contributed by atoms with Gasteiger partial charge < -0.3 is 14.2 Å². The van der Waals surface area contributed by atoms with Gasteiger partial charge in [0.15, 0.2) is 11.5 Å². The van der Waals surface area contributed by atoms with Crippen molar-refractivity contribution in [3.05, 3.63) is 52.5 Å². The number of amides is 1. The number of nitrogens with one attached hydrogen (secondary N) is 1. The van der Waals surface area contributed by atoms with Gasteiger partial charge in [0, 0.05) is 42.9 Å². The lowest BCUT2D eigenvalue weighted by Crippen LogP contribution is -2.49. The van der Waals surface area contributed by atoms with Gasteiger partial charge in [-0.2, -0.15) is 5.10 Å². The van der Waals surface area contributed by atoms with Crippen LogP contribution >= 0.6 is 15.9 Å². The normalized spacial score (nSPS) is 14.7. The van der Waals surface area contributed by atoms with Crippen LogP contribution in [-0.4, -0.2) is 52.2 Å². The third-order valence-electron chi connectivity index (χ3n) is 4.41. The quantitative estimate of drug-likeness (QED) is 0.710. The first-order valence-corrected chi connectivity index (χ1v) is 9.17. The molecule has 1 saturated heterocycles. The molecule has 1 fully saturated rings. The van der Waals surface area contributed by atoms with E-state index in [4.69, 9.17) is 4.42 Å². The Hall–Kier alpha value is -2.61. The minimum Gasteiger partial charge on any atom is -0.460 e. The summed E-state index contributed by atoms with van der Waals surface area (Å²) in [5.41, 5.74) is 1.11. The summed E-state index contributed by atoms with van der Waals surface area (Å²) in [4.78, 5) is 21.1. The lowest BCUT2D eigenvalue weighted by atomic mass is 10.2. The van der Waals surface area contributed by atoms with Gasteiger partial charge in [0.05, 0.1) is 0 Å². The summed E-state index contributed by atoms with van der Waals surface area (Å²) in [6.07, 6.45) is 1.79. The van der Waals surface area contributed by atoms with Crippen molar-refractivity contribution in [3.63, 3.8) is 0 Å². The summed E-state index contributed by atoms with van der Waals surface area (Å²) in [5.74, 6) is 2.36. The van der Waals surface area contributed by atoms with Crippen molar-refractivity contribution in [2.75, 3.05) is 31.1 Å². The molecule has 0 aliphatic carbocycles. The summed E-state index contributed by atoms with van der Waals surface area (Å²) >= 11 is 3.39. The van der Waals surface area contributed by atoms with Crippen molar-refractivity contribution in [3.8, 4) is 11.5 Å². The van der Waals surface area contributed by atoms with Crippen LogP contribution < -0.4 is 4.90 Å². The second-order valence-electron chi connectivity index (χ2n) is 6.19. The van der Waals surface area contributed by atoms with Crippen LogP contribution in [0.2, 0.25) is 0 Å². The van der Waals surface area contributed by atoms with E-state index >= 15 is 0 Å². The number of furan rings is 1. The second kappa shape index (κ2) is 6.95. The highest BCUT2D eigenvalue weighted by atomic mass is 79.9. The number of pyridine rings is 1. The Morgan fingerprint density at radius 3 is 2.65 bits per heavy atom. The summed E-state index contributed by atoms with van der Waals surface area (Å²) in [6.45, 7) is 4.65. The number of nitrogens with zero attached hydrogens (tertiary/aromatic N) is 4. The van der Waals surface area contributed by atoms with Crippen LogP contribution in [0.25, 0.3) is 11.5 Å². The maximum Gasteiger partial charge on any atom is 0.274 e. The summed E-state index contributed by atoms with van der Waals surface area (Å²) in [7, 11) is 0. The molecule has 1 N–H and O–H groups in total. The van der Waals surface area contributed by atoms with Crippen LogP contribution in [0.5, 0.6) is 0 Å². The molecular formula is C18H18BrN5O2. The molecule has 0 radical (unpaired) electrons. The largest absolute Gasteiger partial charge is 0.460 e. The molecule has 4 rings (SSSR count). The number of rotatable bonds is 3. The molecule has 3 aromatic heterocycles. The van der Waals surface area contributed by atoms with E-state index in [9.17, 15) is 4.79 Å². The van der Waals surface area contributed by atoms with Gasteiger partial charge in [0.2, 0.25) is 0 Å². The highest BCUT2D eigenvalue weighted by Gasteiger charge is 2.24. The Kier molecular flexibility index (Phi) is 4.50. The second-order valence-corrected chi connectivity index (χ2v) is 7.11. The van der Waals surface area contributed by atoms with Crippen LogP contribution in [-0.2, 0) is 0 Å². The average molecular weight is 416 g/mol. The fourth-order valence-electron chi connectivity index (χ4n) is 2.99. The molecule has 1 aliphatic rings. The van der Waals surface area contributed by atoms with E-state index in [2.05, 4.69) is 36.0 Å². The van der Waals surface area contributed by atoms with Crippen molar-refractivity contribution in [2.24, 2.45) is 0 Å². The van der Waals surface area contributed by atoms with Gasteiger partial charge in [-0.15, -0.1) is 0 Å². The monoisotopic (exact) mass is 415 g/mol. The minimum absolute atomic E-state index is 0.0702. The number of H-pyrrole nitrogens is 1. The Morgan fingerprint density at radius 2 is 2.00 bits per heavy atom. The van der Waals surface area contributed by atoms with E-state index < -0.39 is 0 Å². The molecule has 134 valence electrons. The molecule has 1 aliphatic heterocycles. The topological polar surface area (TPSA) is 78.3 Å². The Morgan fingerprint density at radius 1 is 1.19 bits per heavy atom. The molecular weight excluding hydrogens is 398 g/mol. The average Bonchev–Trinajstić information content (AvgIpc) is 3.31. The molecule has 26 heavy (non-hydrogen) atoms. The van der Waals surface area contributed by atoms with Crippen molar-refractivity contribution in [1.29, 1.82) is 0 Å². The van der Waals surface area contributed by atoms with Gasteiger partial charge in [-0.3, -0.25) is 9.89 Å². The zero-order valence-electron chi connectivity index (χ0n) is 14.3. The Bertz CT molecular complexity index is 910. The van der Waals surface area contributed by atoms with Gasteiger partial charge >= 0.3 is 0 Å². The maximum absolute atomic E-state index is 12.7. The van der Waals surface area contributed by atoms with Crippen molar-refractivity contribution >= 4 is 27.7 Å². The molecule has 8 heteroatoms. The van der Waals surface area contributed by atoms with Crippen molar-refractivity contribution in [1.82, 2.24) is 20.1 Å². The van der Waals surface area contributed by atoms with Crippen molar-refractivity contribution in [2.45, 2.75) is 6.92 Å². The van der Waals surface area contributed by atoms with Gasteiger partial charge in [-0.05, 0) is 47.1 Å². The smallest absolute Gasteiger partial charge is 0.274 e. The highest BCUT2D eigenvalue weighted by Crippen LogP contribution is 2.22. The summed E-state index contributed by atoms with van der Waals surface area (Å²) in [6, 6.07) is 9.44. The number of piperazine rings is 1. The number of hydrogen-bond acceptors (Lipinski definition) is 5. The fraction of sp³-hybridized carbons (Fsp3) is 0.278. The molecule has 0 atom stereocenters. The molecule has 4 heterocycles. The Labute approximate surface area is 159 Å². The summed E-state index contributed by atoms with van der Waals surface area (Å²) in [5, 5.41) is 7.04. The number of aromatic amines is 1. The van der Waals surface area contributed by atoms with E-state index in [1.54, 1.807) is 12.3 Å². The van der Waals surface area contributed by atoms with Crippen LogP contribution in [0.15, 0.2) is 45.4 Å². The number of carbonyl (C=O) groups excluding carboxylic acids is 1. The lowest BCUT2D eigenvalue weighted by Gasteiger charge is -2.35. The third kappa shape index (κ3) is 3.37. The molecule has 3 aromatic rings. The molecule has 0 aromatic carbocycles. The van der Waals surface area contributed by atoms with Gasteiger partial charge in [-0.25, -0.2) is 4.98 Å². The van der Waals surface area contributed by atoms with E-state index in [1.807, 2.05) is 36.1 Å². The zero-order chi connectivity index (χ0) is 18.1. The van der Waals surface area contributed by atoms with Crippen LogP contribution in [0.3, 0.4) is 0 Å². The zero-order valence-corrected chi connectivity index (χ0v) is 15.9. The molecule has 0 unspecified atom stereocenters. The maximum atomic E-state index is 12.7. The molecule has 7 nitrogen and oxygen atoms in total. The van der Waals surface area contributed by atoms with Gasteiger partial charge in [0.1, 0.15) is 17.3 Å². The van der Waals surface area contributed by atoms with E-state index in [0.29, 0.717) is 30.2 Å². The van der Waals surface area contributed by atoms with Crippen molar-refractivity contribution < 1.29 is 9.21 Å². The predicted octanol–water partition coefficient (Wildman–Crippen LogP) is 3.10. The van der Waals surface area contributed by atoms with E-state index in [1.165, 1.54) is 0 Å². The standard InChI is InChI=1S/C18H18BrN5O2/c1-12-2-4-16(26-12)14-10-15(22-21-14)18(25)24-8-6-23(7-9-24)17-5-3-13(19)11-20-17/h2-5,10-11H,6-9H2,1H3,(H,21,22). The van der Waals surface area contributed by atoms with Crippen LogP contribution in [0.1, 0.15) is 16.2 Å². The number of halogens is 1. The number of hydrogen-bond donors (Lipinski definition) is 1. The first kappa shape index (κ1) is 16.8. The SMILES string of the molecule is Cc1ccc(-c2cc(C(=O)N3CCN(c4ccc(Br)cn4)CC3)n[nH]2)o1. The van der Waals surface area contributed by atoms with Gasteiger partial charge in [0.25, 0.3) is 5.91 Å². The highest BCUT2D eigenvalue weighted by molar-refractivity contribution is 9.10. The number of carbonyl (C=O) groups is 1. The van der Waals surface area contributed by atoms with Gasteiger partial charge in [-0.1, -0.05) is 0 Å². The first-order chi connectivity index (χ1) is 12.6. The predicted molar refractivity (Wildman–Crippen MR) is 101 cm³/mol. The fourth-order valence-corrected chi connectivity index (χ4v) is 3.23. The Balaban J connectivity index is 1.40. The number of aromatic nitrogens is 3. The van der Waals surface area contributed by atoms with Crippen LogP contribution in [0, 0.1) is 6.92 Å². The third-order valence-corrected chi connectivity index (χ3v) is 4.87. The number of aryl methyl sites for hydroxylation is 1. The summed E-state index contributed by atoms with van der Waals surface area (Å²) < 4.78 is 6.52. The molecule has 0 saturated carbocycles. The first-order valence-electron chi connectivity index (χ1n) is 8.38. The lowest BCUT2D eigenvalue weighted by molar-refractivity contribution is 0.0740. The molecule has 0 bridgehead atoms. The number of anilines is 1.